The fourth-order valence-corrected chi connectivity index (χ4v) is 3.97. The topological polar surface area (TPSA) is 71.3 Å². The Morgan fingerprint density at radius 3 is 3.08 bits per heavy atom. The van der Waals surface area contributed by atoms with E-state index in [4.69, 9.17) is 4.52 Å². The monoisotopic (exact) mass is 376 g/mol. The van der Waals surface area contributed by atoms with E-state index in [1.807, 2.05) is 16.8 Å². The molecule has 0 aromatic carbocycles. The number of amides is 1. The van der Waals surface area contributed by atoms with Crippen LogP contribution in [0.25, 0.3) is 11.4 Å². The Bertz CT molecular complexity index is 711. The molecule has 0 aliphatic carbocycles. The summed E-state index contributed by atoms with van der Waals surface area (Å²) in [6.45, 7) is 9.59. The average Bonchev–Trinajstić information content (AvgIpc) is 3.29. The van der Waals surface area contributed by atoms with Crippen LogP contribution in [-0.2, 0) is 11.2 Å². The third-order valence-electron chi connectivity index (χ3n) is 5.04. The van der Waals surface area contributed by atoms with Gasteiger partial charge in [0.1, 0.15) is 0 Å². The van der Waals surface area contributed by atoms with Crippen molar-refractivity contribution in [2.24, 2.45) is 5.92 Å². The Morgan fingerprint density at radius 2 is 2.35 bits per heavy atom. The van der Waals surface area contributed by atoms with Gasteiger partial charge in [0.15, 0.2) is 0 Å². The van der Waals surface area contributed by atoms with E-state index in [9.17, 15) is 4.79 Å². The largest absolute Gasteiger partial charge is 0.354 e. The fourth-order valence-electron chi connectivity index (χ4n) is 3.34. The fraction of sp³-hybridized carbons (Fsp3) is 0.632. The van der Waals surface area contributed by atoms with Crippen LogP contribution >= 0.6 is 11.3 Å². The van der Waals surface area contributed by atoms with Gasteiger partial charge in [-0.2, -0.15) is 16.3 Å². The summed E-state index contributed by atoms with van der Waals surface area (Å²) in [7, 11) is 0. The van der Waals surface area contributed by atoms with Crippen molar-refractivity contribution in [2.75, 3.05) is 19.6 Å². The molecule has 2 aromatic rings. The molecule has 1 amide bonds. The van der Waals surface area contributed by atoms with Crippen LogP contribution in [0.3, 0.4) is 0 Å². The van der Waals surface area contributed by atoms with Gasteiger partial charge in [-0.1, -0.05) is 12.1 Å². The van der Waals surface area contributed by atoms with Gasteiger partial charge in [-0.25, -0.2) is 0 Å². The Hall–Kier alpha value is -1.73. The van der Waals surface area contributed by atoms with Crippen molar-refractivity contribution in [3.05, 3.63) is 22.7 Å². The van der Waals surface area contributed by atoms with Crippen LogP contribution in [0.2, 0.25) is 0 Å². The van der Waals surface area contributed by atoms with Gasteiger partial charge in [-0.05, 0) is 50.6 Å². The molecule has 0 saturated carbocycles. The first-order valence-corrected chi connectivity index (χ1v) is 10.3. The quantitative estimate of drug-likeness (QED) is 0.802. The van der Waals surface area contributed by atoms with Gasteiger partial charge in [0, 0.05) is 42.4 Å². The molecule has 1 aliphatic rings. The first kappa shape index (κ1) is 19.0. The predicted molar refractivity (Wildman–Crippen MR) is 103 cm³/mol. The molecule has 1 fully saturated rings. The van der Waals surface area contributed by atoms with Crippen LogP contribution in [0.1, 0.15) is 45.9 Å². The van der Waals surface area contributed by atoms with Gasteiger partial charge >= 0.3 is 0 Å². The van der Waals surface area contributed by atoms with Gasteiger partial charge in [-0.15, -0.1) is 0 Å². The summed E-state index contributed by atoms with van der Waals surface area (Å²) in [5.41, 5.74) is 0.924. The van der Waals surface area contributed by atoms with Crippen molar-refractivity contribution in [2.45, 2.75) is 52.0 Å². The number of hydrogen-bond donors (Lipinski definition) is 1. The number of rotatable bonds is 7. The molecule has 0 bridgehead atoms. The molecule has 1 N–H and O–H groups in total. The van der Waals surface area contributed by atoms with Gasteiger partial charge in [0.25, 0.3) is 0 Å². The molecule has 1 saturated heterocycles. The smallest absolute Gasteiger partial charge is 0.227 e. The summed E-state index contributed by atoms with van der Waals surface area (Å²) in [6, 6.07) is 1.95. The highest BCUT2D eigenvalue weighted by molar-refractivity contribution is 7.08. The third-order valence-corrected chi connectivity index (χ3v) is 5.73. The second-order valence-corrected chi connectivity index (χ2v) is 8.59. The molecular weight excluding hydrogens is 348 g/mol. The van der Waals surface area contributed by atoms with Crippen molar-refractivity contribution in [1.82, 2.24) is 20.4 Å². The molecule has 0 spiro atoms. The minimum Gasteiger partial charge on any atom is -0.354 e. The number of aromatic nitrogens is 2. The summed E-state index contributed by atoms with van der Waals surface area (Å²) in [5.74, 6) is 1.85. The first-order chi connectivity index (χ1) is 12.4. The van der Waals surface area contributed by atoms with E-state index < -0.39 is 0 Å². The number of carbonyl (C=O) groups is 1. The molecule has 7 heteroatoms. The van der Waals surface area contributed by atoms with E-state index in [1.54, 1.807) is 11.3 Å². The highest BCUT2D eigenvalue weighted by atomic mass is 32.1. The summed E-state index contributed by atoms with van der Waals surface area (Å²) in [6.07, 6.45) is 3.36. The van der Waals surface area contributed by atoms with Gasteiger partial charge in [-0.3, -0.25) is 9.69 Å². The lowest BCUT2D eigenvalue weighted by molar-refractivity contribution is -0.121. The lowest BCUT2D eigenvalue weighted by atomic mass is 9.93. The molecular formula is C19H28N4O2S. The molecule has 142 valence electrons. The lowest BCUT2D eigenvalue weighted by Crippen LogP contribution is -2.54. The summed E-state index contributed by atoms with van der Waals surface area (Å²) >= 11 is 1.59. The Kier molecular flexibility index (Phi) is 6.09. The second-order valence-electron chi connectivity index (χ2n) is 7.81. The zero-order valence-corrected chi connectivity index (χ0v) is 16.6. The zero-order chi connectivity index (χ0) is 18.6. The highest BCUT2D eigenvalue weighted by Crippen LogP contribution is 2.23. The van der Waals surface area contributed by atoms with Crippen molar-refractivity contribution in [3.8, 4) is 11.4 Å². The Morgan fingerprint density at radius 1 is 1.50 bits per heavy atom. The normalized spacial score (nSPS) is 18.8. The minimum atomic E-state index is -0.0268. The summed E-state index contributed by atoms with van der Waals surface area (Å²) in [5, 5.41) is 11.0. The maximum Gasteiger partial charge on any atom is 0.227 e. The molecule has 3 heterocycles. The molecule has 1 atom stereocenters. The molecule has 1 unspecified atom stereocenters. The van der Waals surface area contributed by atoms with E-state index in [-0.39, 0.29) is 11.4 Å². The van der Waals surface area contributed by atoms with E-state index in [2.05, 4.69) is 41.1 Å². The number of likely N-dealkylation sites (tertiary alicyclic amines) is 1. The van der Waals surface area contributed by atoms with Crippen LogP contribution in [0.4, 0.5) is 0 Å². The molecule has 3 rings (SSSR count). The number of nitrogens with zero attached hydrogens (tertiary/aromatic N) is 3. The molecule has 0 radical (unpaired) electrons. The zero-order valence-electron chi connectivity index (χ0n) is 15.8. The van der Waals surface area contributed by atoms with Gasteiger partial charge in [0.2, 0.25) is 17.6 Å². The SMILES string of the molecule is CC1CCCN(C(C)(C)CNC(=O)CCc2nc(-c3ccsc3)no2)C1. The maximum atomic E-state index is 12.2. The third kappa shape index (κ3) is 4.92. The Labute approximate surface area is 159 Å². The van der Waals surface area contributed by atoms with Crippen molar-refractivity contribution >= 4 is 17.2 Å². The maximum absolute atomic E-state index is 12.2. The van der Waals surface area contributed by atoms with E-state index in [1.165, 1.54) is 12.8 Å². The van der Waals surface area contributed by atoms with E-state index >= 15 is 0 Å². The molecule has 2 aromatic heterocycles. The van der Waals surface area contributed by atoms with Crippen LogP contribution < -0.4 is 5.32 Å². The summed E-state index contributed by atoms with van der Waals surface area (Å²) < 4.78 is 5.25. The van der Waals surface area contributed by atoms with Crippen molar-refractivity contribution in [1.29, 1.82) is 0 Å². The van der Waals surface area contributed by atoms with Crippen LogP contribution in [0.15, 0.2) is 21.3 Å². The second kappa shape index (κ2) is 8.31. The predicted octanol–water partition coefficient (Wildman–Crippen LogP) is 3.36. The molecule has 1 aliphatic heterocycles. The lowest BCUT2D eigenvalue weighted by Gasteiger charge is -2.43. The van der Waals surface area contributed by atoms with Crippen LogP contribution in [-0.4, -0.2) is 46.1 Å². The van der Waals surface area contributed by atoms with Crippen molar-refractivity contribution < 1.29 is 9.32 Å². The molecule has 6 nitrogen and oxygen atoms in total. The van der Waals surface area contributed by atoms with Gasteiger partial charge in [0.05, 0.1) is 0 Å². The first-order valence-electron chi connectivity index (χ1n) is 9.31. The average molecular weight is 377 g/mol. The molecule has 26 heavy (non-hydrogen) atoms. The van der Waals surface area contributed by atoms with Gasteiger partial charge < -0.3 is 9.84 Å². The number of hydrogen-bond acceptors (Lipinski definition) is 6. The highest BCUT2D eigenvalue weighted by Gasteiger charge is 2.30. The van der Waals surface area contributed by atoms with Crippen LogP contribution in [0.5, 0.6) is 0 Å². The van der Waals surface area contributed by atoms with E-state index in [0.29, 0.717) is 31.1 Å². The number of aryl methyl sites for hydroxylation is 1. The van der Waals surface area contributed by atoms with Crippen molar-refractivity contribution in [3.63, 3.8) is 0 Å². The number of nitrogens with one attached hydrogen (secondary N) is 1. The van der Waals surface area contributed by atoms with E-state index in [0.717, 1.165) is 24.6 Å². The van der Waals surface area contributed by atoms with Crippen LogP contribution in [0, 0.1) is 5.92 Å². The minimum absolute atomic E-state index is 0.0263. The summed E-state index contributed by atoms with van der Waals surface area (Å²) in [4.78, 5) is 19.1. The Balaban J connectivity index is 1.44. The standard InChI is InChI=1S/C19H28N4O2S/c1-14-5-4-9-23(11-14)19(2,3)13-20-16(24)6-7-17-21-18(22-25-17)15-8-10-26-12-15/h8,10,12,14H,4-7,9,11,13H2,1-3H3,(H,20,24). The number of piperidine rings is 1. The number of thiophene rings is 1. The number of carbonyl (C=O) groups excluding carboxylic acids is 1.